The fraction of sp³-hybridized carbons (Fsp3) is 0.133. The van der Waals surface area contributed by atoms with Crippen LogP contribution in [0.15, 0.2) is 42.7 Å². The van der Waals surface area contributed by atoms with Crippen LogP contribution in [0.4, 0.5) is 0 Å². The van der Waals surface area contributed by atoms with Gasteiger partial charge in [-0.3, -0.25) is 9.78 Å². The zero-order valence-electron chi connectivity index (χ0n) is 11.0. The van der Waals surface area contributed by atoms with Gasteiger partial charge in [0.2, 0.25) is 0 Å². The normalized spacial score (nSPS) is 10.7. The lowest BCUT2D eigenvalue weighted by atomic mass is 10.3. The summed E-state index contributed by atoms with van der Waals surface area (Å²) in [6, 6.07) is 9.47. The van der Waals surface area contributed by atoms with Gasteiger partial charge in [0, 0.05) is 18.0 Å². The number of carboxylic acids is 1. The molecule has 0 amide bonds. The fourth-order valence-corrected chi connectivity index (χ4v) is 2.89. The molecule has 21 heavy (non-hydrogen) atoms. The number of fused-ring (bicyclic) bond motifs is 1. The molecular formula is C15H12N2O3S. The molecule has 0 radical (unpaired) electrons. The molecule has 0 aliphatic rings. The lowest BCUT2D eigenvalue weighted by Crippen LogP contribution is -2.04. The van der Waals surface area contributed by atoms with E-state index in [9.17, 15) is 4.79 Å². The van der Waals surface area contributed by atoms with Gasteiger partial charge in [-0.15, -0.1) is 11.3 Å². The first-order valence-corrected chi connectivity index (χ1v) is 7.20. The highest BCUT2D eigenvalue weighted by molar-refractivity contribution is 7.21. The maximum Gasteiger partial charge on any atom is 0.306 e. The first kappa shape index (κ1) is 13.5. The van der Waals surface area contributed by atoms with Crippen molar-refractivity contribution in [3.8, 4) is 16.3 Å². The third kappa shape index (κ3) is 3.00. The van der Waals surface area contributed by atoms with E-state index in [4.69, 9.17) is 9.84 Å². The average molecular weight is 300 g/mol. The molecule has 5 nitrogen and oxygen atoms in total. The molecule has 0 unspecified atom stereocenters. The van der Waals surface area contributed by atoms with Crippen LogP contribution in [0.5, 0.6) is 5.75 Å². The fourth-order valence-electron chi connectivity index (χ4n) is 1.91. The molecule has 1 aromatic carbocycles. The van der Waals surface area contributed by atoms with E-state index in [1.165, 1.54) is 0 Å². The number of carboxylic acid groups (broad SMARTS) is 1. The quantitative estimate of drug-likeness (QED) is 0.783. The summed E-state index contributed by atoms with van der Waals surface area (Å²) >= 11 is 1.57. The molecule has 0 fully saturated rings. The van der Waals surface area contributed by atoms with Crippen molar-refractivity contribution in [2.24, 2.45) is 0 Å². The van der Waals surface area contributed by atoms with Crippen molar-refractivity contribution in [3.05, 3.63) is 42.7 Å². The summed E-state index contributed by atoms with van der Waals surface area (Å²) in [4.78, 5) is 19.1. The number of hydrogen-bond acceptors (Lipinski definition) is 5. The van der Waals surface area contributed by atoms with Gasteiger partial charge in [-0.1, -0.05) is 6.07 Å². The van der Waals surface area contributed by atoms with Gasteiger partial charge in [-0.25, -0.2) is 4.98 Å². The zero-order chi connectivity index (χ0) is 14.7. The first-order chi connectivity index (χ1) is 10.2. The molecule has 106 valence electrons. The van der Waals surface area contributed by atoms with Gasteiger partial charge in [0.05, 0.1) is 17.7 Å². The van der Waals surface area contributed by atoms with E-state index < -0.39 is 5.97 Å². The number of carbonyl (C=O) groups is 1. The molecule has 0 aliphatic carbocycles. The summed E-state index contributed by atoms with van der Waals surface area (Å²) in [7, 11) is 0. The summed E-state index contributed by atoms with van der Waals surface area (Å²) in [5, 5.41) is 9.55. The predicted molar refractivity (Wildman–Crippen MR) is 80.6 cm³/mol. The third-order valence-electron chi connectivity index (χ3n) is 2.88. The minimum absolute atomic E-state index is 0.0300. The Labute approximate surface area is 124 Å². The molecule has 0 saturated carbocycles. The monoisotopic (exact) mass is 300 g/mol. The molecule has 0 bridgehead atoms. The van der Waals surface area contributed by atoms with Crippen molar-refractivity contribution in [1.82, 2.24) is 9.97 Å². The minimum Gasteiger partial charge on any atom is -0.491 e. The number of thiazole rings is 1. The van der Waals surface area contributed by atoms with E-state index in [0.717, 1.165) is 20.8 Å². The third-order valence-corrected chi connectivity index (χ3v) is 3.95. The Balaban J connectivity index is 1.92. The Hall–Kier alpha value is -2.47. The molecule has 2 heterocycles. The molecule has 3 aromatic rings. The van der Waals surface area contributed by atoms with Crippen LogP contribution in [0, 0.1) is 0 Å². The maximum atomic E-state index is 10.5. The number of aromatic nitrogens is 2. The number of para-hydroxylation sites is 1. The number of benzene rings is 1. The highest BCUT2D eigenvalue weighted by Crippen LogP contribution is 2.34. The van der Waals surface area contributed by atoms with Crippen LogP contribution < -0.4 is 4.74 Å². The minimum atomic E-state index is -0.877. The topological polar surface area (TPSA) is 72.3 Å². The maximum absolute atomic E-state index is 10.5. The summed E-state index contributed by atoms with van der Waals surface area (Å²) in [5.41, 5.74) is 1.77. The van der Waals surface area contributed by atoms with Crippen LogP contribution in [0.25, 0.3) is 20.8 Å². The predicted octanol–water partition coefficient (Wildman–Crippen LogP) is 3.21. The summed E-state index contributed by atoms with van der Waals surface area (Å²) < 4.78 is 6.54. The number of ether oxygens (including phenoxy) is 1. The lowest BCUT2D eigenvalue weighted by Gasteiger charge is -2.04. The van der Waals surface area contributed by atoms with Gasteiger partial charge < -0.3 is 9.84 Å². The molecule has 0 spiro atoms. The summed E-state index contributed by atoms with van der Waals surface area (Å²) in [6.45, 7) is 0.135. The number of pyridine rings is 1. The largest absolute Gasteiger partial charge is 0.491 e. The highest BCUT2D eigenvalue weighted by atomic mass is 32.1. The Kier molecular flexibility index (Phi) is 3.79. The molecular weight excluding hydrogens is 288 g/mol. The number of aliphatic carboxylic acids is 1. The second-order valence-corrected chi connectivity index (χ2v) is 5.38. The van der Waals surface area contributed by atoms with E-state index in [-0.39, 0.29) is 13.0 Å². The Morgan fingerprint density at radius 1 is 1.24 bits per heavy atom. The van der Waals surface area contributed by atoms with Crippen molar-refractivity contribution in [1.29, 1.82) is 0 Å². The van der Waals surface area contributed by atoms with Crippen LogP contribution in [-0.4, -0.2) is 27.7 Å². The van der Waals surface area contributed by atoms with Gasteiger partial charge >= 0.3 is 5.97 Å². The van der Waals surface area contributed by atoms with Gasteiger partial charge in [0.1, 0.15) is 16.3 Å². The Morgan fingerprint density at radius 2 is 2.05 bits per heavy atom. The van der Waals surface area contributed by atoms with E-state index in [0.29, 0.717) is 5.75 Å². The van der Waals surface area contributed by atoms with Gasteiger partial charge in [0.25, 0.3) is 0 Å². The van der Waals surface area contributed by atoms with E-state index >= 15 is 0 Å². The standard InChI is InChI=1S/C15H12N2O3S/c18-13(19)6-9-20-11-2-1-3-12-14(11)17-15(21-12)10-4-7-16-8-5-10/h1-5,7-8H,6,9H2,(H,18,19). The lowest BCUT2D eigenvalue weighted by molar-refractivity contribution is -0.137. The molecule has 0 saturated heterocycles. The van der Waals surface area contributed by atoms with Crippen molar-refractivity contribution in [2.45, 2.75) is 6.42 Å². The highest BCUT2D eigenvalue weighted by Gasteiger charge is 2.10. The second kappa shape index (κ2) is 5.88. The molecule has 3 rings (SSSR count). The van der Waals surface area contributed by atoms with Crippen molar-refractivity contribution in [2.75, 3.05) is 6.61 Å². The molecule has 0 aliphatic heterocycles. The SMILES string of the molecule is O=C(O)CCOc1cccc2sc(-c3ccncc3)nc12. The number of rotatable bonds is 5. The number of hydrogen-bond donors (Lipinski definition) is 1. The van der Waals surface area contributed by atoms with Gasteiger partial charge in [0.15, 0.2) is 0 Å². The first-order valence-electron chi connectivity index (χ1n) is 6.38. The molecule has 6 heteroatoms. The Morgan fingerprint density at radius 3 is 2.81 bits per heavy atom. The molecule has 0 atom stereocenters. The molecule has 2 aromatic heterocycles. The second-order valence-electron chi connectivity index (χ2n) is 4.35. The molecule has 1 N–H and O–H groups in total. The van der Waals surface area contributed by atoms with Crippen molar-refractivity contribution < 1.29 is 14.6 Å². The van der Waals surface area contributed by atoms with Crippen LogP contribution >= 0.6 is 11.3 Å². The smallest absolute Gasteiger partial charge is 0.306 e. The van der Waals surface area contributed by atoms with Gasteiger partial charge in [-0.2, -0.15) is 0 Å². The van der Waals surface area contributed by atoms with E-state index in [1.807, 2.05) is 24.3 Å². The number of nitrogens with zero attached hydrogens (tertiary/aromatic N) is 2. The summed E-state index contributed by atoms with van der Waals surface area (Å²) in [6.07, 6.45) is 3.43. The van der Waals surface area contributed by atoms with E-state index in [1.54, 1.807) is 29.8 Å². The van der Waals surface area contributed by atoms with Crippen LogP contribution in [0.2, 0.25) is 0 Å². The van der Waals surface area contributed by atoms with Gasteiger partial charge in [-0.05, 0) is 24.3 Å². The van der Waals surface area contributed by atoms with Crippen LogP contribution in [0.1, 0.15) is 6.42 Å². The summed E-state index contributed by atoms with van der Waals surface area (Å²) in [5.74, 6) is -0.261. The van der Waals surface area contributed by atoms with Crippen molar-refractivity contribution >= 4 is 27.5 Å². The zero-order valence-corrected chi connectivity index (χ0v) is 11.8. The Bertz CT molecular complexity index is 771. The van der Waals surface area contributed by atoms with Crippen molar-refractivity contribution in [3.63, 3.8) is 0 Å². The van der Waals surface area contributed by atoms with E-state index in [2.05, 4.69) is 9.97 Å². The van der Waals surface area contributed by atoms with Crippen LogP contribution in [-0.2, 0) is 4.79 Å². The average Bonchev–Trinajstić information content (AvgIpc) is 2.93. The van der Waals surface area contributed by atoms with Crippen LogP contribution in [0.3, 0.4) is 0 Å².